The van der Waals surface area contributed by atoms with Crippen LogP contribution in [-0.2, 0) is 12.8 Å². The lowest BCUT2D eigenvalue weighted by Gasteiger charge is -1.95. The van der Waals surface area contributed by atoms with E-state index in [1.807, 2.05) is 36.4 Å². The van der Waals surface area contributed by atoms with E-state index >= 15 is 0 Å². The van der Waals surface area contributed by atoms with Crippen LogP contribution in [0.4, 0.5) is 11.4 Å². The summed E-state index contributed by atoms with van der Waals surface area (Å²) in [5.74, 6) is 0. The lowest BCUT2D eigenvalue weighted by molar-refractivity contribution is 1.21. The van der Waals surface area contributed by atoms with E-state index in [4.69, 9.17) is 13.1 Å². The second-order valence-electron chi connectivity index (χ2n) is 4.48. The van der Waals surface area contributed by atoms with Crippen molar-refractivity contribution >= 4 is 11.4 Å². The fourth-order valence-electron chi connectivity index (χ4n) is 1.97. The van der Waals surface area contributed by atoms with Gasteiger partial charge < -0.3 is 0 Å². The summed E-state index contributed by atoms with van der Waals surface area (Å²) >= 11 is 0. The Hall–Kier alpha value is -2.84. The Balaban J connectivity index is 1.94. The molecule has 2 heteroatoms. The molecule has 0 radical (unpaired) electrons. The predicted octanol–water partition coefficient (Wildman–Crippen LogP) is 5.22. The quantitative estimate of drug-likeness (QED) is 0.667. The van der Waals surface area contributed by atoms with Crippen LogP contribution in [-0.4, -0.2) is 0 Å². The maximum absolute atomic E-state index is 5.26. The van der Waals surface area contributed by atoms with Gasteiger partial charge in [-0.25, -0.2) is 0 Å². The summed E-state index contributed by atoms with van der Waals surface area (Å²) < 4.78 is 0. The van der Waals surface area contributed by atoms with Crippen molar-refractivity contribution < 1.29 is 0 Å². The van der Waals surface area contributed by atoms with Gasteiger partial charge in [-0.15, -0.1) is 0 Å². The van der Waals surface area contributed by atoms with Crippen molar-refractivity contribution in [3.8, 4) is 13.1 Å². The summed E-state index contributed by atoms with van der Waals surface area (Å²) in [6, 6.07) is 15.8. The molecule has 0 atom stereocenters. The highest BCUT2D eigenvalue weighted by Crippen LogP contribution is 2.16. The molecular formula is C18H16N2+2. The largest absolute Gasteiger partial charge is 0.340 e. The monoisotopic (exact) mass is 260 g/mol. The van der Waals surface area contributed by atoms with E-state index in [2.05, 4.69) is 34.0 Å². The Labute approximate surface area is 119 Å². The van der Waals surface area contributed by atoms with Gasteiger partial charge >= 0.3 is 11.4 Å². The van der Waals surface area contributed by atoms with Gasteiger partial charge in [0.2, 0.25) is 0 Å². The van der Waals surface area contributed by atoms with Crippen LogP contribution in [0.1, 0.15) is 11.1 Å². The van der Waals surface area contributed by atoms with E-state index in [1.54, 1.807) is 0 Å². The fraction of sp³-hybridized carbons (Fsp3) is 0.111. The van der Waals surface area contributed by atoms with Gasteiger partial charge in [0.15, 0.2) is 0 Å². The molecule has 2 aromatic rings. The molecule has 2 nitrogen and oxygen atoms in total. The Morgan fingerprint density at radius 1 is 0.750 bits per heavy atom. The molecule has 0 aromatic heterocycles. The van der Waals surface area contributed by atoms with E-state index in [1.165, 1.54) is 11.1 Å². The van der Waals surface area contributed by atoms with Crippen LogP contribution in [0.2, 0.25) is 0 Å². The number of benzene rings is 2. The Bertz CT molecular complexity index is 638. The van der Waals surface area contributed by atoms with Crippen molar-refractivity contribution in [1.82, 2.24) is 0 Å². The van der Waals surface area contributed by atoms with Gasteiger partial charge in [-0.1, -0.05) is 36.4 Å². The fourth-order valence-corrected chi connectivity index (χ4v) is 1.97. The Kier molecular flexibility index (Phi) is 4.70. The van der Waals surface area contributed by atoms with Crippen molar-refractivity contribution in [1.29, 1.82) is 0 Å². The first kappa shape index (κ1) is 13.6. The minimum atomic E-state index is 0.799. The highest BCUT2D eigenvalue weighted by atomic mass is 14.6. The molecule has 0 aliphatic carbocycles. The van der Waals surface area contributed by atoms with Gasteiger partial charge in [0.1, 0.15) is 0 Å². The van der Waals surface area contributed by atoms with Crippen molar-refractivity contribution in [2.45, 2.75) is 12.8 Å². The maximum atomic E-state index is 5.26. The van der Waals surface area contributed by atoms with Crippen LogP contribution >= 0.6 is 0 Å². The van der Waals surface area contributed by atoms with Crippen molar-refractivity contribution in [3.63, 3.8) is 0 Å². The molecule has 0 bridgehead atoms. The minimum Gasteiger partial charge on any atom is -0.0838 e. The Morgan fingerprint density at radius 2 is 1.20 bits per heavy atom. The van der Waals surface area contributed by atoms with Gasteiger partial charge in [-0.2, -0.15) is 0 Å². The summed E-state index contributed by atoms with van der Waals surface area (Å²) in [4.78, 5) is 7.36. The third-order valence-corrected chi connectivity index (χ3v) is 2.99. The number of hydrogen-bond acceptors (Lipinski definition) is 0. The van der Waals surface area contributed by atoms with E-state index in [0.717, 1.165) is 24.2 Å². The zero-order valence-electron chi connectivity index (χ0n) is 11.2. The normalized spacial score (nSPS) is 10.1. The third kappa shape index (κ3) is 3.83. The molecule has 0 fully saturated rings. The van der Waals surface area contributed by atoms with Gasteiger partial charge in [0.05, 0.1) is 0 Å². The lowest BCUT2D eigenvalue weighted by Crippen LogP contribution is -1.82. The van der Waals surface area contributed by atoms with Crippen LogP contribution in [0.15, 0.2) is 60.7 Å². The van der Waals surface area contributed by atoms with Gasteiger partial charge in [0.25, 0.3) is 13.1 Å². The zero-order valence-corrected chi connectivity index (χ0v) is 11.2. The van der Waals surface area contributed by atoms with Crippen molar-refractivity contribution in [2.75, 3.05) is 0 Å². The second kappa shape index (κ2) is 6.92. The zero-order chi connectivity index (χ0) is 14.2. The molecule has 0 unspecified atom stereocenters. The number of allylic oxidation sites excluding steroid dienone is 2. The van der Waals surface area contributed by atoms with Crippen LogP contribution in [0.5, 0.6) is 0 Å². The number of nitrogens with zero attached hydrogens (tertiary/aromatic N) is 2. The molecule has 96 valence electrons. The second-order valence-corrected chi connectivity index (χ2v) is 4.48. The highest BCUT2D eigenvalue weighted by molar-refractivity contribution is 5.48. The van der Waals surface area contributed by atoms with E-state index in [0.29, 0.717) is 0 Å². The molecule has 0 aliphatic heterocycles. The molecule has 0 saturated heterocycles. The van der Waals surface area contributed by atoms with Crippen LogP contribution in [0.25, 0.3) is 9.69 Å². The van der Waals surface area contributed by atoms with Gasteiger partial charge in [-0.3, -0.25) is 0 Å². The average Bonchev–Trinajstić information content (AvgIpc) is 2.52. The molecule has 0 spiro atoms. The van der Waals surface area contributed by atoms with Gasteiger partial charge in [-0.05, 0) is 33.7 Å². The molecule has 0 N–H and O–H groups in total. The molecule has 0 heterocycles. The number of hydrogen-bond donors (Lipinski definition) is 0. The van der Waals surface area contributed by atoms with Crippen LogP contribution in [0, 0.1) is 13.1 Å². The first-order chi connectivity index (χ1) is 9.81. The van der Waals surface area contributed by atoms with Crippen LogP contribution in [0.3, 0.4) is 0 Å². The SMILES string of the molecule is C#[N+]c1cccc(CC=CCc2cccc([N+]#C)c2)c1. The molecule has 20 heavy (non-hydrogen) atoms. The molecule has 0 amide bonds. The Morgan fingerprint density at radius 3 is 1.60 bits per heavy atom. The molecule has 2 rings (SSSR count). The maximum Gasteiger partial charge on any atom is 0.340 e. The smallest absolute Gasteiger partial charge is 0.0838 e. The van der Waals surface area contributed by atoms with Gasteiger partial charge in [0, 0.05) is 24.3 Å². The van der Waals surface area contributed by atoms with Crippen molar-refractivity contribution in [2.24, 2.45) is 0 Å². The van der Waals surface area contributed by atoms with Crippen molar-refractivity contribution in [3.05, 3.63) is 81.5 Å². The minimum absolute atomic E-state index is 0.799. The summed E-state index contributed by atoms with van der Waals surface area (Å²) in [7, 11) is 0. The summed E-state index contributed by atoms with van der Waals surface area (Å²) in [6.45, 7) is 10.5. The standard InChI is InChI=1S/C18H16N2/c1-19-17-11-5-9-15(13-17)7-3-4-8-16-10-6-12-18(14-16)20-2/h1-6,9-14H,7-8H2/q+2. The van der Waals surface area contributed by atoms with E-state index < -0.39 is 0 Å². The lowest BCUT2D eigenvalue weighted by atomic mass is 10.1. The van der Waals surface area contributed by atoms with E-state index in [9.17, 15) is 0 Å². The summed E-state index contributed by atoms with van der Waals surface area (Å²) in [5, 5.41) is 0. The summed E-state index contributed by atoms with van der Waals surface area (Å²) in [6.07, 6.45) is 6.01. The predicted molar refractivity (Wildman–Crippen MR) is 85.4 cm³/mol. The molecule has 2 aromatic carbocycles. The van der Waals surface area contributed by atoms with Crippen LogP contribution < -0.4 is 0 Å². The third-order valence-electron chi connectivity index (χ3n) is 2.99. The molecular weight excluding hydrogens is 244 g/mol. The van der Waals surface area contributed by atoms with E-state index in [-0.39, 0.29) is 0 Å². The summed E-state index contributed by atoms with van der Waals surface area (Å²) in [5.41, 5.74) is 3.98. The topological polar surface area (TPSA) is 8.72 Å². The highest BCUT2D eigenvalue weighted by Gasteiger charge is 2.01. The first-order valence-electron chi connectivity index (χ1n) is 6.46. The molecule has 0 aliphatic rings. The average molecular weight is 260 g/mol. The molecule has 0 saturated carbocycles. The number of rotatable bonds is 4. The first-order valence-corrected chi connectivity index (χ1v) is 6.46.